The monoisotopic (exact) mass is 589 g/mol. The molecule has 6 rings (SSSR count). The Hall–Kier alpha value is -4.05. The standard InChI is InChI=1S/C29H21Cl2N5O3S/c30-18-9-5-16(6-10-18)23-15-22(34-36(23)25(37)14-13-24-33-29(39)40-35-24)27-26(17-7-11-19(31)12-8-17)20-3-1-2-4-21(20)32-28(27)38/h1-12,23H,13-15H2,(H,32,38)(H,33,35,39). The molecular formula is C29H21Cl2N5O3S. The summed E-state index contributed by atoms with van der Waals surface area (Å²) in [5, 5.41) is 8.20. The Balaban J connectivity index is 1.47. The van der Waals surface area contributed by atoms with Crippen molar-refractivity contribution in [1.29, 1.82) is 0 Å². The minimum atomic E-state index is -0.446. The highest BCUT2D eigenvalue weighted by molar-refractivity contribution is 7.02. The van der Waals surface area contributed by atoms with Crippen molar-refractivity contribution in [2.75, 3.05) is 0 Å². The molecule has 0 saturated carbocycles. The van der Waals surface area contributed by atoms with Crippen LogP contribution in [0.4, 0.5) is 0 Å². The first-order valence-electron chi connectivity index (χ1n) is 12.5. The fraction of sp³-hybridized carbons (Fsp3) is 0.138. The molecular weight excluding hydrogens is 569 g/mol. The summed E-state index contributed by atoms with van der Waals surface area (Å²) in [4.78, 5) is 44.0. The van der Waals surface area contributed by atoms with Crippen molar-refractivity contribution in [2.24, 2.45) is 5.10 Å². The Morgan fingerprint density at radius 2 is 1.62 bits per heavy atom. The Labute approximate surface area is 242 Å². The number of fused-ring (bicyclic) bond motifs is 1. The third-order valence-electron chi connectivity index (χ3n) is 6.82. The third kappa shape index (κ3) is 5.11. The van der Waals surface area contributed by atoms with Gasteiger partial charge in [0.2, 0.25) is 5.91 Å². The minimum Gasteiger partial charge on any atom is -0.321 e. The number of carbonyl (C=O) groups is 1. The third-order valence-corrected chi connectivity index (χ3v) is 7.91. The Bertz CT molecular complexity index is 1880. The number of hydrogen-bond donors (Lipinski definition) is 2. The highest BCUT2D eigenvalue weighted by Crippen LogP contribution is 2.37. The van der Waals surface area contributed by atoms with E-state index in [0.717, 1.165) is 33.6 Å². The number of para-hydroxylation sites is 1. The first-order chi connectivity index (χ1) is 19.4. The summed E-state index contributed by atoms with van der Waals surface area (Å²) in [5.41, 5.74) is 3.66. The van der Waals surface area contributed by atoms with Crippen LogP contribution in [-0.4, -0.2) is 31.0 Å². The van der Waals surface area contributed by atoms with E-state index in [1.54, 1.807) is 24.3 Å². The molecule has 1 aliphatic heterocycles. The molecule has 3 aromatic carbocycles. The molecule has 5 aromatic rings. The zero-order valence-electron chi connectivity index (χ0n) is 20.9. The van der Waals surface area contributed by atoms with E-state index in [1.807, 2.05) is 48.5 Å². The van der Waals surface area contributed by atoms with Crippen LogP contribution in [0.3, 0.4) is 0 Å². The Morgan fingerprint density at radius 1 is 0.925 bits per heavy atom. The van der Waals surface area contributed by atoms with Gasteiger partial charge in [-0.05, 0) is 41.5 Å². The van der Waals surface area contributed by atoms with Gasteiger partial charge in [-0.3, -0.25) is 19.4 Å². The molecule has 11 heteroatoms. The van der Waals surface area contributed by atoms with Gasteiger partial charge in [-0.1, -0.05) is 65.7 Å². The van der Waals surface area contributed by atoms with E-state index in [9.17, 15) is 14.4 Å². The fourth-order valence-electron chi connectivity index (χ4n) is 4.98. The van der Waals surface area contributed by atoms with Gasteiger partial charge in [-0.25, -0.2) is 5.01 Å². The molecule has 0 radical (unpaired) electrons. The number of amides is 1. The summed E-state index contributed by atoms with van der Waals surface area (Å²) >= 11 is 13.1. The number of hydrogen-bond acceptors (Lipinski definition) is 6. The first kappa shape index (κ1) is 26.2. The molecule has 2 aromatic heterocycles. The molecule has 0 bridgehead atoms. The summed E-state index contributed by atoms with van der Waals surface area (Å²) in [6.07, 6.45) is 0.667. The van der Waals surface area contributed by atoms with Crippen LogP contribution in [0.2, 0.25) is 10.0 Å². The van der Waals surface area contributed by atoms with Crippen molar-refractivity contribution >= 4 is 57.3 Å². The molecule has 1 amide bonds. The van der Waals surface area contributed by atoms with Crippen LogP contribution < -0.4 is 10.4 Å². The van der Waals surface area contributed by atoms with Gasteiger partial charge in [0.1, 0.15) is 5.82 Å². The summed E-state index contributed by atoms with van der Waals surface area (Å²) in [6, 6.07) is 21.7. The number of H-pyrrole nitrogens is 2. The van der Waals surface area contributed by atoms with Gasteiger partial charge in [0, 0.05) is 57.3 Å². The zero-order valence-corrected chi connectivity index (χ0v) is 23.2. The molecule has 1 unspecified atom stereocenters. The molecule has 0 spiro atoms. The van der Waals surface area contributed by atoms with Gasteiger partial charge in [-0.2, -0.15) is 9.47 Å². The number of benzene rings is 3. The number of rotatable bonds is 6. The average molecular weight is 590 g/mol. The quantitative estimate of drug-likeness (QED) is 0.254. The number of nitrogens with zero attached hydrogens (tertiary/aromatic N) is 3. The second-order valence-corrected chi connectivity index (χ2v) is 11.0. The van der Waals surface area contributed by atoms with Crippen LogP contribution in [0.25, 0.3) is 22.0 Å². The average Bonchev–Trinajstić information content (AvgIpc) is 3.58. The number of aromatic amines is 2. The van der Waals surface area contributed by atoms with Crippen molar-refractivity contribution in [1.82, 2.24) is 19.4 Å². The smallest absolute Gasteiger partial charge is 0.321 e. The lowest BCUT2D eigenvalue weighted by atomic mass is 9.91. The number of hydrazone groups is 1. The number of aromatic nitrogens is 3. The van der Waals surface area contributed by atoms with Crippen molar-refractivity contribution < 1.29 is 4.79 Å². The van der Waals surface area contributed by atoms with E-state index >= 15 is 0 Å². The Kier molecular flexibility index (Phi) is 7.10. The van der Waals surface area contributed by atoms with Gasteiger partial charge in [0.05, 0.1) is 17.3 Å². The molecule has 1 aliphatic rings. The van der Waals surface area contributed by atoms with E-state index in [4.69, 9.17) is 28.3 Å². The number of nitrogens with one attached hydrogen (secondary N) is 2. The summed E-state index contributed by atoms with van der Waals surface area (Å²) < 4.78 is 4.05. The highest BCUT2D eigenvalue weighted by atomic mass is 35.5. The lowest BCUT2D eigenvalue weighted by molar-refractivity contribution is -0.133. The first-order valence-corrected chi connectivity index (χ1v) is 14.0. The van der Waals surface area contributed by atoms with Crippen molar-refractivity contribution in [3.05, 3.63) is 120 Å². The molecule has 0 fully saturated rings. The Morgan fingerprint density at radius 3 is 2.33 bits per heavy atom. The molecule has 0 aliphatic carbocycles. The number of halogens is 2. The normalized spacial score (nSPS) is 15.0. The second-order valence-electron chi connectivity index (χ2n) is 9.35. The molecule has 200 valence electrons. The number of aryl methyl sites for hydroxylation is 1. The van der Waals surface area contributed by atoms with Crippen LogP contribution in [0, 0.1) is 0 Å². The van der Waals surface area contributed by atoms with E-state index in [-0.39, 0.29) is 29.2 Å². The predicted molar refractivity (Wildman–Crippen MR) is 158 cm³/mol. The molecule has 8 nitrogen and oxygen atoms in total. The summed E-state index contributed by atoms with van der Waals surface area (Å²) in [5.74, 6) is 0.194. The van der Waals surface area contributed by atoms with Gasteiger partial charge >= 0.3 is 4.87 Å². The van der Waals surface area contributed by atoms with E-state index in [0.29, 0.717) is 39.1 Å². The highest BCUT2D eigenvalue weighted by Gasteiger charge is 2.35. The van der Waals surface area contributed by atoms with Crippen LogP contribution in [0.15, 0.2) is 87.5 Å². The van der Waals surface area contributed by atoms with Gasteiger partial charge in [0.15, 0.2) is 0 Å². The van der Waals surface area contributed by atoms with Gasteiger partial charge in [-0.15, -0.1) is 0 Å². The second kappa shape index (κ2) is 10.8. The van der Waals surface area contributed by atoms with Crippen molar-refractivity contribution in [3.8, 4) is 11.1 Å². The van der Waals surface area contributed by atoms with Crippen molar-refractivity contribution in [3.63, 3.8) is 0 Å². The maximum absolute atomic E-state index is 13.6. The minimum absolute atomic E-state index is 0.0820. The summed E-state index contributed by atoms with van der Waals surface area (Å²) in [6.45, 7) is 0. The van der Waals surface area contributed by atoms with E-state index in [2.05, 4.69) is 14.3 Å². The maximum Gasteiger partial charge on any atom is 0.323 e. The molecule has 0 saturated heterocycles. The van der Waals surface area contributed by atoms with E-state index in [1.165, 1.54) is 5.01 Å². The zero-order chi connectivity index (χ0) is 27.8. The largest absolute Gasteiger partial charge is 0.323 e. The number of pyridine rings is 1. The molecule has 3 heterocycles. The van der Waals surface area contributed by atoms with Crippen LogP contribution >= 0.6 is 34.7 Å². The predicted octanol–water partition coefficient (Wildman–Crippen LogP) is 5.96. The lowest BCUT2D eigenvalue weighted by Gasteiger charge is -2.22. The van der Waals surface area contributed by atoms with Crippen LogP contribution in [0.1, 0.15) is 35.8 Å². The summed E-state index contributed by atoms with van der Waals surface area (Å²) in [7, 11) is 0. The van der Waals surface area contributed by atoms with E-state index < -0.39 is 6.04 Å². The SMILES string of the molecule is O=C(CCc1nsc(=O)[nH]1)N1N=C(c2c(-c3ccc(Cl)cc3)c3ccccc3[nH]c2=O)CC1c1ccc(Cl)cc1. The van der Waals surface area contributed by atoms with Gasteiger partial charge < -0.3 is 4.98 Å². The molecule has 2 N–H and O–H groups in total. The topological polar surface area (TPSA) is 111 Å². The van der Waals surface area contributed by atoms with Crippen LogP contribution in [-0.2, 0) is 11.2 Å². The molecule has 40 heavy (non-hydrogen) atoms. The van der Waals surface area contributed by atoms with Crippen LogP contribution in [0.5, 0.6) is 0 Å². The molecule has 1 atom stereocenters. The van der Waals surface area contributed by atoms with Gasteiger partial charge in [0.25, 0.3) is 5.56 Å². The maximum atomic E-state index is 13.6. The number of carbonyl (C=O) groups excluding carboxylic acids is 1. The fourth-order valence-corrected chi connectivity index (χ4v) is 5.72. The lowest BCUT2D eigenvalue weighted by Crippen LogP contribution is -2.27. The van der Waals surface area contributed by atoms with Crippen molar-refractivity contribution in [2.45, 2.75) is 25.3 Å².